The van der Waals surface area contributed by atoms with E-state index in [-0.39, 0.29) is 5.60 Å². The summed E-state index contributed by atoms with van der Waals surface area (Å²) in [6.07, 6.45) is 3.16. The molecule has 0 unspecified atom stereocenters. The van der Waals surface area contributed by atoms with Crippen LogP contribution in [0.25, 0.3) is 0 Å². The molecular formula is C8H19NO. The lowest BCUT2D eigenvalue weighted by Gasteiger charge is -2.29. The second-order valence-corrected chi connectivity index (χ2v) is 2.55. The zero-order valence-corrected chi connectivity index (χ0v) is 7.31. The van der Waals surface area contributed by atoms with Crippen LogP contribution in [-0.2, 0) is 4.74 Å². The van der Waals surface area contributed by atoms with Crippen LogP contribution in [0.15, 0.2) is 0 Å². The van der Waals surface area contributed by atoms with E-state index in [2.05, 4.69) is 20.8 Å². The van der Waals surface area contributed by atoms with E-state index in [1.807, 2.05) is 0 Å². The van der Waals surface area contributed by atoms with Gasteiger partial charge in [0.05, 0.1) is 12.3 Å². The quantitative estimate of drug-likeness (QED) is 0.599. The minimum atomic E-state index is 0.0503. The van der Waals surface area contributed by atoms with Crippen molar-refractivity contribution in [1.29, 1.82) is 0 Å². The van der Waals surface area contributed by atoms with Gasteiger partial charge in [-0.05, 0) is 19.3 Å². The van der Waals surface area contributed by atoms with Crippen LogP contribution in [0.4, 0.5) is 0 Å². The first-order chi connectivity index (χ1) is 4.74. The van der Waals surface area contributed by atoms with Gasteiger partial charge >= 0.3 is 0 Å². The van der Waals surface area contributed by atoms with E-state index >= 15 is 0 Å². The third kappa shape index (κ3) is 2.27. The molecule has 0 radical (unpaired) electrons. The van der Waals surface area contributed by atoms with E-state index in [0.29, 0.717) is 6.73 Å². The van der Waals surface area contributed by atoms with Gasteiger partial charge in [-0.3, -0.25) is 0 Å². The lowest BCUT2D eigenvalue weighted by Crippen LogP contribution is -2.32. The number of rotatable bonds is 5. The highest BCUT2D eigenvalue weighted by Crippen LogP contribution is 2.23. The number of ether oxygens (including phenoxy) is 1. The highest BCUT2D eigenvalue weighted by molar-refractivity contribution is 4.74. The van der Waals surface area contributed by atoms with Crippen molar-refractivity contribution in [3.8, 4) is 0 Å². The normalized spacial score (nSPS) is 12.0. The maximum absolute atomic E-state index is 5.45. The molecular weight excluding hydrogens is 126 g/mol. The fraction of sp³-hybridized carbons (Fsp3) is 1.00. The standard InChI is InChI=1S/C8H19NO/c1-4-8(5-2,6-3)10-7-9/h4-7,9H2,1-3H3. The molecule has 0 bridgehead atoms. The van der Waals surface area contributed by atoms with Crippen LogP contribution in [0.2, 0.25) is 0 Å². The Morgan fingerprint density at radius 1 is 1.10 bits per heavy atom. The average molecular weight is 145 g/mol. The van der Waals surface area contributed by atoms with Gasteiger partial charge in [0, 0.05) is 0 Å². The molecule has 0 aliphatic heterocycles. The van der Waals surface area contributed by atoms with Crippen LogP contribution < -0.4 is 5.73 Å². The summed E-state index contributed by atoms with van der Waals surface area (Å²) in [4.78, 5) is 0. The van der Waals surface area contributed by atoms with Gasteiger partial charge in [0.2, 0.25) is 0 Å². The van der Waals surface area contributed by atoms with E-state index < -0.39 is 0 Å². The molecule has 0 atom stereocenters. The first kappa shape index (κ1) is 9.92. The van der Waals surface area contributed by atoms with Crippen LogP contribution >= 0.6 is 0 Å². The number of hydrogen-bond donors (Lipinski definition) is 1. The Bertz CT molecular complexity index is 71.1. The summed E-state index contributed by atoms with van der Waals surface area (Å²) in [5, 5.41) is 0. The first-order valence-electron chi connectivity index (χ1n) is 4.08. The Morgan fingerprint density at radius 3 is 1.60 bits per heavy atom. The van der Waals surface area contributed by atoms with E-state index in [1.54, 1.807) is 0 Å². The van der Waals surface area contributed by atoms with Crippen molar-refractivity contribution in [2.45, 2.75) is 45.6 Å². The summed E-state index contributed by atoms with van der Waals surface area (Å²) >= 11 is 0. The Hall–Kier alpha value is -0.0800. The van der Waals surface area contributed by atoms with Gasteiger partial charge in [0.15, 0.2) is 0 Å². The Labute approximate surface area is 63.7 Å². The zero-order chi connectivity index (χ0) is 8.04. The number of nitrogens with two attached hydrogens (primary N) is 1. The summed E-state index contributed by atoms with van der Waals surface area (Å²) in [5.74, 6) is 0. The second-order valence-electron chi connectivity index (χ2n) is 2.55. The topological polar surface area (TPSA) is 35.2 Å². The van der Waals surface area contributed by atoms with Crippen molar-refractivity contribution < 1.29 is 4.74 Å². The lowest BCUT2D eigenvalue weighted by molar-refractivity contribution is -0.0511. The molecule has 0 heterocycles. The lowest BCUT2D eigenvalue weighted by atomic mass is 9.94. The smallest absolute Gasteiger partial charge is 0.0947 e. The van der Waals surface area contributed by atoms with Gasteiger partial charge in [-0.25, -0.2) is 0 Å². The zero-order valence-electron chi connectivity index (χ0n) is 7.31. The van der Waals surface area contributed by atoms with Gasteiger partial charge in [0.25, 0.3) is 0 Å². The van der Waals surface area contributed by atoms with Crippen molar-refractivity contribution in [1.82, 2.24) is 0 Å². The third-order valence-electron chi connectivity index (χ3n) is 2.32. The maximum Gasteiger partial charge on any atom is 0.0947 e. The van der Waals surface area contributed by atoms with Crippen molar-refractivity contribution in [3.05, 3.63) is 0 Å². The summed E-state index contributed by atoms with van der Waals surface area (Å²) in [6, 6.07) is 0. The molecule has 0 spiro atoms. The Morgan fingerprint density at radius 2 is 1.50 bits per heavy atom. The van der Waals surface area contributed by atoms with Gasteiger partial charge in [-0.1, -0.05) is 20.8 Å². The third-order valence-corrected chi connectivity index (χ3v) is 2.32. The van der Waals surface area contributed by atoms with Crippen molar-refractivity contribution in [2.75, 3.05) is 6.73 Å². The van der Waals surface area contributed by atoms with E-state index in [4.69, 9.17) is 10.5 Å². The fourth-order valence-electron chi connectivity index (χ4n) is 1.23. The minimum Gasteiger partial charge on any atom is -0.360 e. The largest absolute Gasteiger partial charge is 0.360 e. The maximum atomic E-state index is 5.45. The molecule has 0 aliphatic carbocycles. The molecule has 0 rings (SSSR count). The summed E-state index contributed by atoms with van der Waals surface area (Å²) in [5.41, 5.74) is 5.37. The van der Waals surface area contributed by atoms with Crippen molar-refractivity contribution in [2.24, 2.45) is 5.73 Å². The Kier molecular flexibility index (Phi) is 4.65. The van der Waals surface area contributed by atoms with E-state index in [0.717, 1.165) is 19.3 Å². The van der Waals surface area contributed by atoms with E-state index in [9.17, 15) is 0 Å². The molecule has 10 heavy (non-hydrogen) atoms. The van der Waals surface area contributed by atoms with Gasteiger partial charge in [0.1, 0.15) is 0 Å². The van der Waals surface area contributed by atoms with Gasteiger partial charge in [-0.15, -0.1) is 0 Å². The van der Waals surface area contributed by atoms with Crippen molar-refractivity contribution in [3.63, 3.8) is 0 Å². The van der Waals surface area contributed by atoms with Crippen LogP contribution in [0.3, 0.4) is 0 Å². The highest BCUT2D eigenvalue weighted by Gasteiger charge is 2.23. The SMILES string of the molecule is CCC(CC)(CC)OCN. The van der Waals surface area contributed by atoms with Crippen LogP contribution in [0.1, 0.15) is 40.0 Å². The second kappa shape index (κ2) is 4.69. The molecule has 0 aliphatic rings. The number of hydrogen-bond acceptors (Lipinski definition) is 2. The van der Waals surface area contributed by atoms with Gasteiger partial charge < -0.3 is 10.5 Å². The minimum absolute atomic E-state index is 0.0503. The summed E-state index contributed by atoms with van der Waals surface area (Å²) in [6.45, 7) is 6.77. The monoisotopic (exact) mass is 145 g/mol. The average Bonchev–Trinajstić information content (AvgIpc) is 2.01. The van der Waals surface area contributed by atoms with Crippen LogP contribution in [-0.4, -0.2) is 12.3 Å². The molecule has 0 aromatic carbocycles. The Balaban J connectivity index is 3.87. The molecule has 0 fully saturated rings. The molecule has 2 N–H and O–H groups in total. The van der Waals surface area contributed by atoms with E-state index in [1.165, 1.54) is 0 Å². The molecule has 0 aromatic rings. The highest BCUT2D eigenvalue weighted by atomic mass is 16.5. The van der Waals surface area contributed by atoms with Crippen LogP contribution in [0, 0.1) is 0 Å². The molecule has 0 aromatic heterocycles. The molecule has 2 nitrogen and oxygen atoms in total. The molecule has 62 valence electrons. The summed E-state index contributed by atoms with van der Waals surface area (Å²) in [7, 11) is 0. The first-order valence-corrected chi connectivity index (χ1v) is 4.08. The molecule has 0 amide bonds. The molecule has 0 saturated heterocycles. The predicted molar refractivity (Wildman–Crippen MR) is 43.7 cm³/mol. The van der Waals surface area contributed by atoms with Crippen molar-refractivity contribution >= 4 is 0 Å². The van der Waals surface area contributed by atoms with Gasteiger partial charge in [-0.2, -0.15) is 0 Å². The fourth-order valence-corrected chi connectivity index (χ4v) is 1.23. The predicted octanol–water partition coefficient (Wildman–Crippen LogP) is 1.89. The molecule has 0 saturated carbocycles. The van der Waals surface area contributed by atoms with Crippen LogP contribution in [0.5, 0.6) is 0 Å². The summed E-state index contributed by atoms with van der Waals surface area (Å²) < 4.78 is 5.45. The molecule has 2 heteroatoms.